The van der Waals surface area contributed by atoms with Gasteiger partial charge < -0.3 is 30.2 Å². The molecule has 31 heavy (non-hydrogen) atoms. The first kappa shape index (κ1) is 28.7. The first-order valence-electron chi connectivity index (χ1n) is 10.2. The number of hydrogen-bond acceptors (Lipinski definition) is 9. The van der Waals surface area contributed by atoms with Crippen LogP contribution in [0.1, 0.15) is 6.92 Å². The van der Waals surface area contributed by atoms with Gasteiger partial charge in [-0.05, 0) is 6.92 Å². The molecule has 0 atom stereocenters. The molecule has 3 N–H and O–H groups in total. The number of hydrogen-bond donors (Lipinski definition) is 3. The number of amides is 3. The third-order valence-corrected chi connectivity index (χ3v) is 4.07. The van der Waals surface area contributed by atoms with E-state index in [2.05, 4.69) is 16.0 Å². The maximum atomic E-state index is 11.6. The zero-order valence-electron chi connectivity index (χ0n) is 19.0. The molecule has 0 unspecified atom stereocenters. The minimum Gasteiger partial charge on any atom is -0.465 e. The van der Waals surface area contributed by atoms with Crippen LogP contribution >= 0.6 is 0 Å². The van der Waals surface area contributed by atoms with Crippen molar-refractivity contribution in [3.63, 3.8) is 0 Å². The summed E-state index contributed by atoms with van der Waals surface area (Å²) in [7, 11) is 4.61. The number of carbonyl (C=O) groups excluding carboxylic acids is 4. The van der Waals surface area contributed by atoms with Crippen molar-refractivity contribution in [3.05, 3.63) is 0 Å². The van der Waals surface area contributed by atoms with E-state index in [1.807, 2.05) is 0 Å². The minimum absolute atomic E-state index is 0.00757. The molecule has 0 saturated heterocycles. The lowest BCUT2D eigenvalue weighted by atomic mass is 10.4. The number of nitrogens with one attached hydrogen (secondary N) is 3. The van der Waals surface area contributed by atoms with Gasteiger partial charge in [0, 0.05) is 34.2 Å². The van der Waals surface area contributed by atoms with Gasteiger partial charge in [0.05, 0.1) is 59.2 Å². The average Bonchev–Trinajstić information content (AvgIpc) is 2.74. The lowest BCUT2D eigenvalue weighted by Gasteiger charge is -2.21. The van der Waals surface area contributed by atoms with Crippen molar-refractivity contribution in [2.24, 2.45) is 0 Å². The maximum absolute atomic E-state index is 11.6. The summed E-state index contributed by atoms with van der Waals surface area (Å²) in [6.45, 7) is 4.41. The molecule has 0 rings (SSSR count). The van der Waals surface area contributed by atoms with Crippen molar-refractivity contribution in [1.82, 2.24) is 25.8 Å². The minimum atomic E-state index is -0.396. The Balaban J connectivity index is 4.11. The molecule has 0 saturated carbocycles. The third-order valence-electron chi connectivity index (χ3n) is 4.07. The summed E-state index contributed by atoms with van der Waals surface area (Å²) >= 11 is 0. The SMILES string of the molecule is CCOC(=O)CN(CCOCCOCCN(CC(=O)NC)CC(=O)NC)CC(=O)NC. The first-order chi connectivity index (χ1) is 14.9. The summed E-state index contributed by atoms with van der Waals surface area (Å²) < 4.78 is 15.9. The Morgan fingerprint density at radius 1 is 0.645 bits per heavy atom. The molecule has 0 aromatic heterocycles. The highest BCUT2D eigenvalue weighted by Crippen LogP contribution is 1.93. The predicted molar refractivity (Wildman–Crippen MR) is 113 cm³/mol. The third kappa shape index (κ3) is 16.1. The van der Waals surface area contributed by atoms with Gasteiger partial charge in [-0.2, -0.15) is 0 Å². The quantitative estimate of drug-likeness (QED) is 0.153. The maximum Gasteiger partial charge on any atom is 0.320 e. The second-order valence-electron chi connectivity index (χ2n) is 6.47. The molecule has 0 bridgehead atoms. The van der Waals surface area contributed by atoms with E-state index < -0.39 is 5.97 Å². The highest BCUT2D eigenvalue weighted by molar-refractivity contribution is 5.80. The Kier molecular flexibility index (Phi) is 17.1. The summed E-state index contributed by atoms with van der Waals surface area (Å²) in [6, 6.07) is 0. The largest absolute Gasteiger partial charge is 0.465 e. The smallest absolute Gasteiger partial charge is 0.320 e. The zero-order chi connectivity index (χ0) is 23.5. The molecule has 0 aliphatic heterocycles. The van der Waals surface area contributed by atoms with Crippen molar-refractivity contribution in [2.45, 2.75) is 6.92 Å². The van der Waals surface area contributed by atoms with Gasteiger partial charge in [-0.15, -0.1) is 0 Å². The van der Waals surface area contributed by atoms with Crippen LogP contribution in [0.25, 0.3) is 0 Å². The van der Waals surface area contributed by atoms with Crippen LogP contribution < -0.4 is 16.0 Å². The standard InChI is InChI=1S/C19H37N5O7/c1-5-31-19(28)15-24(14-18(27)22-4)7-9-30-11-10-29-8-6-23(12-16(25)20-2)13-17(26)21-3/h5-15H2,1-4H3,(H,20,25)(H,21,26)(H,22,27). The average molecular weight is 448 g/mol. The van der Waals surface area contributed by atoms with E-state index in [9.17, 15) is 19.2 Å². The molecule has 0 spiro atoms. The number of esters is 1. The van der Waals surface area contributed by atoms with E-state index in [0.717, 1.165) is 0 Å². The molecule has 0 fully saturated rings. The van der Waals surface area contributed by atoms with Crippen LogP contribution in [0.5, 0.6) is 0 Å². The second-order valence-corrected chi connectivity index (χ2v) is 6.47. The van der Waals surface area contributed by atoms with Crippen LogP contribution in [0, 0.1) is 0 Å². The van der Waals surface area contributed by atoms with Gasteiger partial charge in [-0.3, -0.25) is 29.0 Å². The van der Waals surface area contributed by atoms with Gasteiger partial charge in [0.2, 0.25) is 17.7 Å². The highest BCUT2D eigenvalue weighted by atomic mass is 16.5. The number of carbonyl (C=O) groups is 4. The lowest BCUT2D eigenvalue weighted by Crippen LogP contribution is -2.43. The van der Waals surface area contributed by atoms with Crippen molar-refractivity contribution < 1.29 is 33.4 Å². The van der Waals surface area contributed by atoms with Crippen LogP contribution in [0.3, 0.4) is 0 Å². The van der Waals surface area contributed by atoms with Gasteiger partial charge in [-0.1, -0.05) is 0 Å². The summed E-state index contributed by atoms with van der Waals surface area (Å²) in [6.07, 6.45) is 0. The Hall–Kier alpha value is -2.28. The van der Waals surface area contributed by atoms with Crippen LogP contribution in [-0.2, 0) is 33.4 Å². The second kappa shape index (κ2) is 18.5. The Labute approximate surface area is 183 Å². The summed E-state index contributed by atoms with van der Waals surface area (Å²) in [5.74, 6) is -0.966. The number of ether oxygens (including phenoxy) is 3. The fourth-order valence-electron chi connectivity index (χ4n) is 2.37. The first-order valence-corrected chi connectivity index (χ1v) is 10.2. The van der Waals surface area contributed by atoms with E-state index in [0.29, 0.717) is 39.5 Å². The van der Waals surface area contributed by atoms with E-state index >= 15 is 0 Å². The summed E-state index contributed by atoms with van der Waals surface area (Å²) in [5.41, 5.74) is 0. The van der Waals surface area contributed by atoms with E-state index in [1.165, 1.54) is 21.1 Å². The number of nitrogens with zero attached hydrogens (tertiary/aromatic N) is 2. The fraction of sp³-hybridized carbons (Fsp3) is 0.789. The molecule has 0 aliphatic carbocycles. The van der Waals surface area contributed by atoms with E-state index in [1.54, 1.807) is 16.7 Å². The van der Waals surface area contributed by atoms with Gasteiger partial charge in [0.25, 0.3) is 0 Å². The predicted octanol–water partition coefficient (Wildman–Crippen LogP) is -2.58. The molecule has 12 nitrogen and oxygen atoms in total. The van der Waals surface area contributed by atoms with Crippen molar-refractivity contribution in [3.8, 4) is 0 Å². The zero-order valence-corrected chi connectivity index (χ0v) is 19.0. The molecule has 0 aromatic rings. The van der Waals surface area contributed by atoms with Crippen LogP contribution in [-0.4, -0.2) is 127 Å². The van der Waals surface area contributed by atoms with E-state index in [-0.39, 0.29) is 50.5 Å². The molecule has 3 amide bonds. The monoisotopic (exact) mass is 447 g/mol. The molecule has 0 heterocycles. The van der Waals surface area contributed by atoms with Crippen LogP contribution in [0.15, 0.2) is 0 Å². The summed E-state index contributed by atoms with van der Waals surface area (Å²) in [5, 5.41) is 7.57. The van der Waals surface area contributed by atoms with Crippen molar-refractivity contribution >= 4 is 23.7 Å². The molecule has 12 heteroatoms. The normalized spacial score (nSPS) is 10.8. The fourth-order valence-corrected chi connectivity index (χ4v) is 2.37. The van der Waals surface area contributed by atoms with Gasteiger partial charge in [-0.25, -0.2) is 0 Å². The molecule has 0 aromatic carbocycles. The topological polar surface area (TPSA) is 139 Å². The molecular formula is C19H37N5O7. The molecule has 180 valence electrons. The number of rotatable bonds is 18. The number of likely N-dealkylation sites (N-methyl/N-ethyl adjacent to an activating group) is 3. The molecular weight excluding hydrogens is 410 g/mol. The Bertz CT molecular complexity index is 530. The van der Waals surface area contributed by atoms with Gasteiger partial charge in [0.15, 0.2) is 0 Å². The summed E-state index contributed by atoms with van der Waals surface area (Å²) in [4.78, 5) is 49.6. The molecule has 0 radical (unpaired) electrons. The van der Waals surface area contributed by atoms with E-state index in [4.69, 9.17) is 14.2 Å². The van der Waals surface area contributed by atoms with Crippen molar-refractivity contribution in [1.29, 1.82) is 0 Å². The lowest BCUT2D eigenvalue weighted by molar-refractivity contribution is -0.145. The van der Waals surface area contributed by atoms with Crippen LogP contribution in [0.4, 0.5) is 0 Å². The highest BCUT2D eigenvalue weighted by Gasteiger charge is 2.15. The molecule has 0 aliphatic rings. The van der Waals surface area contributed by atoms with Gasteiger partial charge >= 0.3 is 5.97 Å². The Morgan fingerprint density at radius 3 is 1.39 bits per heavy atom. The van der Waals surface area contributed by atoms with Crippen LogP contribution in [0.2, 0.25) is 0 Å². The van der Waals surface area contributed by atoms with Gasteiger partial charge in [0.1, 0.15) is 0 Å². The Morgan fingerprint density at radius 2 is 1.03 bits per heavy atom. The van der Waals surface area contributed by atoms with Crippen molar-refractivity contribution in [2.75, 3.05) is 93.4 Å².